The summed E-state index contributed by atoms with van der Waals surface area (Å²) in [5, 5.41) is 10.8. The molecule has 18 heavy (non-hydrogen) atoms. The fourth-order valence-corrected chi connectivity index (χ4v) is 2.03. The van der Waals surface area contributed by atoms with Crippen LogP contribution in [0.2, 0.25) is 0 Å². The monoisotopic (exact) mass is 244 g/mol. The van der Waals surface area contributed by atoms with E-state index in [1.54, 1.807) is 24.4 Å². The smallest absolute Gasteiger partial charge is 0.284 e. The molecule has 0 saturated carbocycles. The molecule has 0 saturated heterocycles. The van der Waals surface area contributed by atoms with Crippen molar-refractivity contribution in [3.8, 4) is 0 Å². The summed E-state index contributed by atoms with van der Waals surface area (Å²) in [6.07, 6.45) is 0.103. The number of hydrogen-bond acceptors (Lipinski definition) is 5. The number of amidine groups is 1. The predicted octanol–water partition coefficient (Wildman–Crippen LogP) is 0.467. The van der Waals surface area contributed by atoms with Crippen LogP contribution in [0.3, 0.4) is 0 Å². The summed E-state index contributed by atoms with van der Waals surface area (Å²) >= 11 is 0. The third-order valence-electron chi connectivity index (χ3n) is 2.81. The Kier molecular flexibility index (Phi) is 2.19. The average molecular weight is 244 g/mol. The van der Waals surface area contributed by atoms with Crippen molar-refractivity contribution in [2.24, 2.45) is 9.98 Å². The number of hydrogen-bond donors (Lipinski definition) is 0. The van der Waals surface area contributed by atoms with Gasteiger partial charge in [0, 0.05) is 11.8 Å². The molecule has 0 radical (unpaired) electrons. The quantitative estimate of drug-likeness (QED) is 0.531. The minimum absolute atomic E-state index is 0.171. The van der Waals surface area contributed by atoms with E-state index < -0.39 is 17.0 Å². The molecule has 0 aliphatic carbocycles. The van der Waals surface area contributed by atoms with Crippen LogP contribution in [-0.4, -0.2) is 35.6 Å². The number of amides is 1. The predicted molar refractivity (Wildman–Crippen MR) is 64.6 cm³/mol. The van der Waals surface area contributed by atoms with Crippen LogP contribution in [0.15, 0.2) is 34.3 Å². The minimum atomic E-state index is -1.54. The van der Waals surface area contributed by atoms with Crippen LogP contribution < -0.4 is 4.90 Å². The molecule has 0 fully saturated rings. The Morgan fingerprint density at radius 1 is 1.39 bits per heavy atom. The summed E-state index contributed by atoms with van der Waals surface area (Å²) in [5.41, 5.74) is 1.34. The van der Waals surface area contributed by atoms with Crippen LogP contribution in [0.1, 0.15) is 5.56 Å². The Morgan fingerprint density at radius 3 is 2.94 bits per heavy atom. The van der Waals surface area contributed by atoms with E-state index in [9.17, 15) is 14.9 Å². The van der Waals surface area contributed by atoms with E-state index in [4.69, 9.17) is 0 Å². The van der Waals surface area contributed by atoms with Crippen molar-refractivity contribution in [1.29, 1.82) is 0 Å². The molecule has 90 valence electrons. The van der Waals surface area contributed by atoms with Gasteiger partial charge in [-0.3, -0.25) is 24.8 Å². The van der Waals surface area contributed by atoms with Gasteiger partial charge in [0.25, 0.3) is 0 Å². The van der Waals surface area contributed by atoms with Gasteiger partial charge >= 0.3 is 12.1 Å². The lowest BCUT2D eigenvalue weighted by molar-refractivity contribution is -0.504. The van der Waals surface area contributed by atoms with Crippen molar-refractivity contribution in [1.82, 2.24) is 0 Å². The summed E-state index contributed by atoms with van der Waals surface area (Å²) in [6.45, 7) is 0.171. The lowest BCUT2D eigenvalue weighted by Gasteiger charge is -2.16. The molecule has 0 N–H and O–H groups in total. The van der Waals surface area contributed by atoms with Crippen molar-refractivity contribution in [2.45, 2.75) is 6.17 Å². The van der Waals surface area contributed by atoms with Crippen LogP contribution in [0.5, 0.6) is 0 Å². The SMILES string of the molecule is O=C1C([N+](=O)[O-])N=C2CN=Cc3ccccc3N12. The number of carbonyl (C=O) groups is 1. The van der Waals surface area contributed by atoms with E-state index in [0.29, 0.717) is 11.5 Å². The Morgan fingerprint density at radius 2 is 2.17 bits per heavy atom. The second-order valence-electron chi connectivity index (χ2n) is 3.91. The first-order valence-electron chi connectivity index (χ1n) is 5.31. The van der Waals surface area contributed by atoms with E-state index in [0.717, 1.165) is 5.56 Å². The molecule has 2 aliphatic heterocycles. The van der Waals surface area contributed by atoms with E-state index in [1.807, 2.05) is 6.07 Å². The van der Waals surface area contributed by atoms with Gasteiger partial charge < -0.3 is 0 Å². The van der Waals surface area contributed by atoms with Crippen molar-refractivity contribution in [3.05, 3.63) is 39.9 Å². The topological polar surface area (TPSA) is 88.2 Å². The molecule has 2 aliphatic rings. The molecule has 2 heterocycles. The summed E-state index contributed by atoms with van der Waals surface area (Å²) in [6, 6.07) is 7.11. The van der Waals surface area contributed by atoms with Gasteiger partial charge in [0.05, 0.1) is 17.2 Å². The normalized spacial score (nSPS) is 21.1. The van der Waals surface area contributed by atoms with Gasteiger partial charge in [-0.15, -0.1) is 0 Å². The standard InChI is InChI=1S/C11H8N4O3/c16-11-10(15(17)18)13-9-6-12-5-7-3-1-2-4-8(7)14(9)11/h1-5,10H,6H2. The van der Waals surface area contributed by atoms with Gasteiger partial charge in [-0.05, 0) is 6.07 Å². The van der Waals surface area contributed by atoms with Crippen molar-refractivity contribution in [2.75, 3.05) is 11.4 Å². The average Bonchev–Trinajstić information content (AvgIpc) is 2.57. The maximum absolute atomic E-state index is 12.0. The molecule has 3 rings (SSSR count). The third-order valence-corrected chi connectivity index (χ3v) is 2.81. The van der Waals surface area contributed by atoms with E-state index in [2.05, 4.69) is 9.98 Å². The highest BCUT2D eigenvalue weighted by atomic mass is 16.6. The molecule has 1 atom stereocenters. The molecule has 7 nitrogen and oxygen atoms in total. The van der Waals surface area contributed by atoms with E-state index >= 15 is 0 Å². The number of fused-ring (bicyclic) bond motifs is 3. The molecule has 7 heteroatoms. The Bertz CT molecular complexity index is 608. The third kappa shape index (κ3) is 1.41. The van der Waals surface area contributed by atoms with Gasteiger partial charge in [0.1, 0.15) is 5.84 Å². The van der Waals surface area contributed by atoms with Crippen LogP contribution >= 0.6 is 0 Å². The van der Waals surface area contributed by atoms with Crippen LogP contribution in [0.25, 0.3) is 0 Å². The second-order valence-corrected chi connectivity index (χ2v) is 3.91. The van der Waals surface area contributed by atoms with Crippen LogP contribution in [-0.2, 0) is 4.79 Å². The first kappa shape index (κ1) is 10.6. The van der Waals surface area contributed by atoms with Gasteiger partial charge in [-0.1, -0.05) is 18.2 Å². The number of carbonyl (C=O) groups excluding carboxylic acids is 1. The molecular formula is C11H8N4O3. The van der Waals surface area contributed by atoms with Crippen molar-refractivity contribution >= 4 is 23.6 Å². The zero-order chi connectivity index (χ0) is 12.7. The largest absolute Gasteiger partial charge is 0.384 e. The zero-order valence-electron chi connectivity index (χ0n) is 9.18. The molecule has 0 spiro atoms. The number of nitrogens with zero attached hydrogens (tertiary/aromatic N) is 4. The first-order chi connectivity index (χ1) is 8.68. The molecule has 1 amide bonds. The fourth-order valence-electron chi connectivity index (χ4n) is 2.03. The van der Waals surface area contributed by atoms with Gasteiger partial charge in [-0.2, -0.15) is 4.99 Å². The molecule has 1 unspecified atom stereocenters. The number of benzene rings is 1. The van der Waals surface area contributed by atoms with Gasteiger partial charge in [0.15, 0.2) is 0 Å². The van der Waals surface area contributed by atoms with Crippen LogP contribution in [0.4, 0.5) is 5.69 Å². The molecular weight excluding hydrogens is 236 g/mol. The lowest BCUT2D eigenvalue weighted by Crippen LogP contribution is -2.38. The first-order valence-corrected chi connectivity index (χ1v) is 5.31. The number of rotatable bonds is 1. The van der Waals surface area contributed by atoms with Gasteiger partial charge in [0.2, 0.25) is 0 Å². The fraction of sp³-hybridized carbons (Fsp3) is 0.182. The van der Waals surface area contributed by atoms with Crippen LogP contribution in [0, 0.1) is 10.1 Å². The zero-order valence-corrected chi connectivity index (χ0v) is 9.18. The van der Waals surface area contributed by atoms with E-state index in [1.165, 1.54) is 4.90 Å². The highest BCUT2D eigenvalue weighted by Crippen LogP contribution is 2.26. The molecule has 1 aromatic rings. The lowest BCUT2D eigenvalue weighted by atomic mass is 10.1. The van der Waals surface area contributed by atoms with E-state index in [-0.39, 0.29) is 6.54 Å². The maximum atomic E-state index is 12.0. The highest BCUT2D eigenvalue weighted by molar-refractivity contribution is 6.25. The molecule has 0 bridgehead atoms. The number of anilines is 1. The Balaban J connectivity index is 2.13. The summed E-state index contributed by atoms with van der Waals surface area (Å²) in [7, 11) is 0. The van der Waals surface area contributed by atoms with Gasteiger partial charge in [-0.25, -0.2) is 0 Å². The Hall–Kier alpha value is -2.57. The number of para-hydroxylation sites is 1. The number of nitro groups is 1. The second kappa shape index (κ2) is 3.73. The van der Waals surface area contributed by atoms with Crippen molar-refractivity contribution in [3.63, 3.8) is 0 Å². The summed E-state index contributed by atoms with van der Waals surface area (Å²) in [4.78, 5) is 31.3. The summed E-state index contributed by atoms with van der Waals surface area (Å²) < 4.78 is 0. The number of aliphatic imine (C=N–C) groups is 2. The highest BCUT2D eigenvalue weighted by Gasteiger charge is 2.44. The summed E-state index contributed by atoms with van der Waals surface area (Å²) in [5.74, 6) is -0.309. The molecule has 1 aromatic carbocycles. The van der Waals surface area contributed by atoms with Crippen molar-refractivity contribution < 1.29 is 9.72 Å². The Labute approximate surface area is 102 Å². The molecule has 0 aromatic heterocycles. The minimum Gasteiger partial charge on any atom is -0.284 e. The maximum Gasteiger partial charge on any atom is 0.384 e.